The highest BCUT2D eigenvalue weighted by atomic mass is 15.3. The standard InChI is InChI=1S/C13H22N6/c1-4-11-8-12(19(5-2)17-11)9-14-7-6-13-16-15-10-18(13)3/h8,10,14H,4-7,9H2,1-3H3. The molecule has 0 aliphatic rings. The Morgan fingerprint density at radius 1 is 1.32 bits per heavy atom. The fraction of sp³-hybridized carbons (Fsp3) is 0.615. The van der Waals surface area contributed by atoms with Gasteiger partial charge in [0.15, 0.2) is 0 Å². The second kappa shape index (κ2) is 6.47. The molecule has 2 aromatic heterocycles. The van der Waals surface area contributed by atoms with Gasteiger partial charge < -0.3 is 9.88 Å². The van der Waals surface area contributed by atoms with Crippen LogP contribution in [-0.4, -0.2) is 31.1 Å². The molecule has 2 aromatic rings. The molecule has 6 nitrogen and oxygen atoms in total. The van der Waals surface area contributed by atoms with Gasteiger partial charge in [-0.05, 0) is 19.4 Å². The highest BCUT2D eigenvalue weighted by molar-refractivity contribution is 5.10. The van der Waals surface area contributed by atoms with Crippen molar-refractivity contribution in [3.63, 3.8) is 0 Å². The van der Waals surface area contributed by atoms with E-state index in [2.05, 4.69) is 45.2 Å². The van der Waals surface area contributed by atoms with Gasteiger partial charge in [-0.3, -0.25) is 4.68 Å². The Morgan fingerprint density at radius 3 is 2.79 bits per heavy atom. The summed E-state index contributed by atoms with van der Waals surface area (Å²) in [5.41, 5.74) is 2.41. The van der Waals surface area contributed by atoms with Crippen LogP contribution in [0.3, 0.4) is 0 Å². The lowest BCUT2D eigenvalue weighted by atomic mass is 10.3. The lowest BCUT2D eigenvalue weighted by molar-refractivity contribution is 0.573. The maximum Gasteiger partial charge on any atom is 0.133 e. The maximum absolute atomic E-state index is 4.54. The maximum atomic E-state index is 4.54. The van der Waals surface area contributed by atoms with E-state index in [4.69, 9.17) is 0 Å². The summed E-state index contributed by atoms with van der Waals surface area (Å²) in [6.45, 7) is 6.91. The first-order valence-electron chi connectivity index (χ1n) is 6.83. The topological polar surface area (TPSA) is 60.6 Å². The fourth-order valence-electron chi connectivity index (χ4n) is 2.05. The van der Waals surface area contributed by atoms with Crippen LogP contribution in [0.5, 0.6) is 0 Å². The van der Waals surface area contributed by atoms with Gasteiger partial charge in [-0.2, -0.15) is 5.10 Å². The molecule has 104 valence electrons. The molecule has 0 fully saturated rings. The molecule has 0 atom stereocenters. The number of rotatable bonds is 7. The first kappa shape index (κ1) is 13.7. The van der Waals surface area contributed by atoms with Crippen LogP contribution in [0.2, 0.25) is 0 Å². The third-order valence-electron chi connectivity index (χ3n) is 3.21. The minimum atomic E-state index is 0.846. The van der Waals surface area contributed by atoms with Crippen molar-refractivity contribution in [3.8, 4) is 0 Å². The summed E-state index contributed by atoms with van der Waals surface area (Å²) in [6.07, 6.45) is 3.60. The molecular formula is C13H22N6. The van der Waals surface area contributed by atoms with Crippen LogP contribution in [0.1, 0.15) is 31.1 Å². The van der Waals surface area contributed by atoms with Crippen molar-refractivity contribution in [2.24, 2.45) is 7.05 Å². The smallest absolute Gasteiger partial charge is 0.133 e. The highest BCUT2D eigenvalue weighted by Gasteiger charge is 2.05. The van der Waals surface area contributed by atoms with Crippen LogP contribution < -0.4 is 5.32 Å². The Balaban J connectivity index is 1.82. The fourth-order valence-corrected chi connectivity index (χ4v) is 2.05. The molecular weight excluding hydrogens is 240 g/mol. The molecule has 0 aliphatic carbocycles. The summed E-state index contributed by atoms with van der Waals surface area (Å²) in [7, 11) is 1.97. The predicted molar refractivity (Wildman–Crippen MR) is 73.7 cm³/mol. The zero-order valence-electron chi connectivity index (χ0n) is 11.9. The van der Waals surface area contributed by atoms with E-state index in [1.807, 2.05) is 11.6 Å². The second-order valence-corrected chi connectivity index (χ2v) is 4.58. The molecule has 0 unspecified atom stereocenters. The first-order chi connectivity index (χ1) is 9.24. The third kappa shape index (κ3) is 3.41. The van der Waals surface area contributed by atoms with Crippen LogP contribution in [0.4, 0.5) is 0 Å². The van der Waals surface area contributed by atoms with Crippen LogP contribution in [-0.2, 0) is 33.0 Å². The van der Waals surface area contributed by atoms with Crippen molar-refractivity contribution >= 4 is 0 Å². The second-order valence-electron chi connectivity index (χ2n) is 4.58. The van der Waals surface area contributed by atoms with E-state index in [1.54, 1.807) is 6.33 Å². The number of hydrogen-bond acceptors (Lipinski definition) is 4. The lowest BCUT2D eigenvalue weighted by Crippen LogP contribution is -2.20. The van der Waals surface area contributed by atoms with E-state index in [1.165, 1.54) is 5.69 Å². The van der Waals surface area contributed by atoms with Gasteiger partial charge in [0.25, 0.3) is 0 Å². The summed E-state index contributed by atoms with van der Waals surface area (Å²) < 4.78 is 4.02. The molecule has 0 aliphatic heterocycles. The SMILES string of the molecule is CCc1cc(CNCCc2nncn2C)n(CC)n1. The van der Waals surface area contributed by atoms with E-state index in [0.717, 1.165) is 44.0 Å². The van der Waals surface area contributed by atoms with Crippen molar-refractivity contribution < 1.29 is 0 Å². The van der Waals surface area contributed by atoms with Crippen molar-refractivity contribution in [2.45, 2.75) is 39.8 Å². The highest BCUT2D eigenvalue weighted by Crippen LogP contribution is 2.05. The van der Waals surface area contributed by atoms with Gasteiger partial charge in [-0.15, -0.1) is 10.2 Å². The molecule has 0 spiro atoms. The van der Waals surface area contributed by atoms with Gasteiger partial charge in [-0.1, -0.05) is 6.92 Å². The number of nitrogens with one attached hydrogen (secondary N) is 1. The van der Waals surface area contributed by atoms with E-state index in [-0.39, 0.29) is 0 Å². The quantitative estimate of drug-likeness (QED) is 0.754. The largest absolute Gasteiger partial charge is 0.321 e. The average Bonchev–Trinajstić information content (AvgIpc) is 3.01. The van der Waals surface area contributed by atoms with Crippen LogP contribution in [0.15, 0.2) is 12.4 Å². The van der Waals surface area contributed by atoms with Gasteiger partial charge in [0, 0.05) is 33.1 Å². The first-order valence-corrected chi connectivity index (χ1v) is 6.83. The Morgan fingerprint density at radius 2 is 2.16 bits per heavy atom. The molecule has 1 N–H and O–H groups in total. The molecule has 2 heterocycles. The minimum absolute atomic E-state index is 0.846. The van der Waals surface area contributed by atoms with Crippen molar-refractivity contribution in [1.29, 1.82) is 0 Å². The third-order valence-corrected chi connectivity index (χ3v) is 3.21. The Bertz CT molecular complexity index is 513. The summed E-state index contributed by atoms with van der Waals surface area (Å²) in [5, 5.41) is 15.9. The van der Waals surface area contributed by atoms with Gasteiger partial charge in [0.1, 0.15) is 12.2 Å². The lowest BCUT2D eigenvalue weighted by Gasteiger charge is -2.06. The molecule has 6 heteroatoms. The molecule has 0 aromatic carbocycles. The number of hydrogen-bond donors (Lipinski definition) is 1. The zero-order chi connectivity index (χ0) is 13.7. The molecule has 0 bridgehead atoms. The van der Waals surface area contributed by atoms with Gasteiger partial charge in [0.2, 0.25) is 0 Å². The van der Waals surface area contributed by atoms with Gasteiger partial charge >= 0.3 is 0 Å². The van der Waals surface area contributed by atoms with E-state index in [0.29, 0.717) is 0 Å². The number of aromatic nitrogens is 5. The normalized spacial score (nSPS) is 11.1. The van der Waals surface area contributed by atoms with Crippen LogP contribution in [0.25, 0.3) is 0 Å². The van der Waals surface area contributed by atoms with Crippen LogP contribution in [0, 0.1) is 0 Å². The Kier molecular flexibility index (Phi) is 4.68. The summed E-state index contributed by atoms with van der Waals surface area (Å²) in [5.74, 6) is 1.01. The number of nitrogens with zero attached hydrogens (tertiary/aromatic N) is 5. The summed E-state index contributed by atoms with van der Waals surface area (Å²) >= 11 is 0. The van der Waals surface area contributed by atoms with E-state index >= 15 is 0 Å². The minimum Gasteiger partial charge on any atom is -0.321 e. The Hall–Kier alpha value is -1.69. The zero-order valence-corrected chi connectivity index (χ0v) is 11.9. The molecule has 0 radical (unpaired) electrons. The van der Waals surface area contributed by atoms with Crippen molar-refractivity contribution in [3.05, 3.63) is 29.6 Å². The molecule has 0 amide bonds. The summed E-state index contributed by atoms with van der Waals surface area (Å²) in [6, 6.07) is 2.18. The average molecular weight is 262 g/mol. The molecule has 2 rings (SSSR count). The van der Waals surface area contributed by atoms with Crippen LogP contribution >= 0.6 is 0 Å². The van der Waals surface area contributed by atoms with Gasteiger partial charge in [0.05, 0.1) is 11.4 Å². The Labute approximate surface area is 113 Å². The molecule has 0 saturated heterocycles. The predicted octanol–water partition coefficient (Wildman–Crippen LogP) is 0.926. The van der Waals surface area contributed by atoms with E-state index < -0.39 is 0 Å². The monoisotopic (exact) mass is 262 g/mol. The van der Waals surface area contributed by atoms with Gasteiger partial charge in [-0.25, -0.2) is 0 Å². The van der Waals surface area contributed by atoms with E-state index in [9.17, 15) is 0 Å². The van der Waals surface area contributed by atoms with Crippen molar-refractivity contribution in [2.75, 3.05) is 6.54 Å². The molecule has 19 heavy (non-hydrogen) atoms. The number of aryl methyl sites for hydroxylation is 3. The summed E-state index contributed by atoms with van der Waals surface area (Å²) in [4.78, 5) is 0. The molecule has 0 saturated carbocycles. The van der Waals surface area contributed by atoms with Crippen molar-refractivity contribution in [1.82, 2.24) is 29.9 Å².